The van der Waals surface area contributed by atoms with Gasteiger partial charge in [-0.2, -0.15) is 0 Å². The summed E-state index contributed by atoms with van der Waals surface area (Å²) in [5.41, 5.74) is 0.824. The van der Waals surface area contributed by atoms with Crippen LogP contribution in [0.5, 0.6) is 0 Å². The second-order valence-electron chi connectivity index (χ2n) is 4.73. The van der Waals surface area contributed by atoms with Crippen LogP contribution in [0.3, 0.4) is 0 Å². The van der Waals surface area contributed by atoms with E-state index in [9.17, 15) is 14.0 Å². The number of carbonyl (C=O) groups is 2. The van der Waals surface area contributed by atoms with Crippen molar-refractivity contribution < 1.29 is 19.1 Å². The highest BCUT2D eigenvalue weighted by molar-refractivity contribution is 5.90. The van der Waals surface area contributed by atoms with Crippen LogP contribution in [0.4, 0.5) is 14.9 Å². The van der Waals surface area contributed by atoms with Gasteiger partial charge >= 0.3 is 12.0 Å². The van der Waals surface area contributed by atoms with E-state index in [1.54, 1.807) is 19.1 Å². The van der Waals surface area contributed by atoms with Crippen LogP contribution in [0.1, 0.15) is 12.0 Å². The number of nitrogens with one attached hydrogen (secondary N) is 1. The van der Waals surface area contributed by atoms with Crippen molar-refractivity contribution in [3.8, 4) is 0 Å². The first kappa shape index (κ1) is 13.3. The second-order valence-corrected chi connectivity index (χ2v) is 4.73. The molecule has 6 heteroatoms. The largest absolute Gasteiger partial charge is 0.481 e. The number of aliphatic carboxylic acids is 1. The lowest BCUT2D eigenvalue weighted by Crippen LogP contribution is -2.52. The minimum absolute atomic E-state index is 0.00929. The monoisotopic (exact) mass is 266 g/mol. The number of carbonyl (C=O) groups excluding carboxylic acids is 1. The summed E-state index contributed by atoms with van der Waals surface area (Å²) in [6.45, 7) is 2.50. The van der Waals surface area contributed by atoms with Crippen LogP contribution in [0.15, 0.2) is 18.2 Å². The van der Waals surface area contributed by atoms with Crippen molar-refractivity contribution in [3.63, 3.8) is 0 Å². The molecule has 2 amide bonds. The molecule has 0 saturated carbocycles. The number of carboxylic acids is 1. The molecule has 2 rings (SSSR count). The zero-order valence-electron chi connectivity index (χ0n) is 10.5. The summed E-state index contributed by atoms with van der Waals surface area (Å²) in [7, 11) is 0. The minimum Gasteiger partial charge on any atom is -0.481 e. The molecule has 102 valence electrons. The van der Waals surface area contributed by atoms with Gasteiger partial charge in [0, 0.05) is 19.0 Å². The number of halogens is 1. The van der Waals surface area contributed by atoms with Crippen molar-refractivity contribution in [2.45, 2.75) is 13.3 Å². The standard InChI is InChI=1S/C13H15FN2O3/c1-8-3-2-4-10(14)12(8)15-13(19)16-6-9(7-16)5-11(17)18/h2-4,9H,5-7H2,1H3,(H,15,19)(H,17,18). The van der Waals surface area contributed by atoms with E-state index in [0.29, 0.717) is 18.7 Å². The molecule has 0 unspecified atom stereocenters. The quantitative estimate of drug-likeness (QED) is 0.880. The Morgan fingerprint density at radius 1 is 1.47 bits per heavy atom. The molecule has 1 saturated heterocycles. The Morgan fingerprint density at radius 2 is 2.16 bits per heavy atom. The highest BCUT2D eigenvalue weighted by atomic mass is 19.1. The molecular formula is C13H15FN2O3. The van der Waals surface area contributed by atoms with E-state index < -0.39 is 17.8 Å². The Hall–Kier alpha value is -2.11. The van der Waals surface area contributed by atoms with Crippen LogP contribution in [-0.2, 0) is 4.79 Å². The number of nitrogens with zero attached hydrogens (tertiary/aromatic N) is 1. The predicted molar refractivity (Wildman–Crippen MR) is 67.5 cm³/mol. The van der Waals surface area contributed by atoms with Gasteiger partial charge < -0.3 is 15.3 Å². The van der Waals surface area contributed by atoms with E-state index in [0.717, 1.165) is 0 Å². The van der Waals surface area contributed by atoms with Gasteiger partial charge in [0.1, 0.15) is 5.82 Å². The van der Waals surface area contributed by atoms with E-state index in [1.807, 2.05) is 0 Å². The number of hydrogen-bond acceptors (Lipinski definition) is 2. The summed E-state index contributed by atoms with van der Waals surface area (Å²) in [6, 6.07) is 4.18. The fourth-order valence-electron chi connectivity index (χ4n) is 2.09. The maximum Gasteiger partial charge on any atom is 0.321 e. The molecule has 0 aliphatic carbocycles. The van der Waals surface area contributed by atoms with E-state index >= 15 is 0 Å². The SMILES string of the molecule is Cc1cccc(F)c1NC(=O)N1CC(CC(=O)O)C1. The van der Waals surface area contributed by atoms with Crippen LogP contribution >= 0.6 is 0 Å². The number of para-hydroxylation sites is 1. The molecule has 0 bridgehead atoms. The number of hydrogen-bond donors (Lipinski definition) is 2. The van der Waals surface area contributed by atoms with Gasteiger partial charge in [0.25, 0.3) is 0 Å². The summed E-state index contributed by atoms with van der Waals surface area (Å²) in [6.07, 6.45) is 0.0580. The van der Waals surface area contributed by atoms with E-state index in [1.165, 1.54) is 11.0 Å². The zero-order valence-corrected chi connectivity index (χ0v) is 10.5. The maximum absolute atomic E-state index is 13.5. The van der Waals surface area contributed by atoms with Gasteiger partial charge in [0.2, 0.25) is 0 Å². The highest BCUT2D eigenvalue weighted by Gasteiger charge is 2.32. The Kier molecular flexibility index (Phi) is 3.69. The number of amides is 2. The van der Waals surface area contributed by atoms with E-state index in [4.69, 9.17) is 5.11 Å². The summed E-state index contributed by atoms with van der Waals surface area (Å²) >= 11 is 0. The van der Waals surface area contributed by atoms with Gasteiger partial charge in [-0.25, -0.2) is 9.18 Å². The molecule has 1 aromatic carbocycles. The fourth-order valence-corrected chi connectivity index (χ4v) is 2.09. The van der Waals surface area contributed by atoms with Gasteiger partial charge in [-0.05, 0) is 18.6 Å². The molecular weight excluding hydrogens is 251 g/mol. The number of likely N-dealkylation sites (tertiary alicyclic amines) is 1. The van der Waals surface area contributed by atoms with Crippen molar-refractivity contribution in [1.29, 1.82) is 0 Å². The van der Waals surface area contributed by atoms with Crippen molar-refractivity contribution in [2.24, 2.45) is 5.92 Å². The zero-order chi connectivity index (χ0) is 14.0. The van der Waals surface area contributed by atoms with Crippen molar-refractivity contribution in [1.82, 2.24) is 4.90 Å². The summed E-state index contributed by atoms with van der Waals surface area (Å²) in [5.74, 6) is -1.35. The molecule has 19 heavy (non-hydrogen) atoms. The molecule has 0 radical (unpaired) electrons. The van der Waals surface area contributed by atoms with Crippen molar-refractivity contribution in [2.75, 3.05) is 18.4 Å². The first-order valence-corrected chi connectivity index (χ1v) is 6.00. The normalized spacial score (nSPS) is 14.9. The lowest BCUT2D eigenvalue weighted by atomic mass is 9.97. The predicted octanol–water partition coefficient (Wildman–Crippen LogP) is 2.07. The van der Waals surface area contributed by atoms with E-state index in [-0.39, 0.29) is 18.0 Å². The molecule has 5 nitrogen and oxygen atoms in total. The Balaban J connectivity index is 1.91. The maximum atomic E-state index is 13.5. The molecule has 1 aromatic rings. The molecule has 1 aliphatic rings. The van der Waals surface area contributed by atoms with Gasteiger partial charge in [0.05, 0.1) is 12.1 Å². The Labute approximate surface area is 110 Å². The molecule has 1 fully saturated rings. The summed E-state index contributed by atoms with van der Waals surface area (Å²) < 4.78 is 13.5. The smallest absolute Gasteiger partial charge is 0.321 e. The molecule has 2 N–H and O–H groups in total. The fraction of sp³-hybridized carbons (Fsp3) is 0.385. The average molecular weight is 266 g/mol. The third-order valence-electron chi connectivity index (χ3n) is 3.16. The second kappa shape index (κ2) is 5.26. The molecule has 0 spiro atoms. The van der Waals surface area contributed by atoms with Gasteiger partial charge in [-0.15, -0.1) is 0 Å². The van der Waals surface area contributed by atoms with Gasteiger partial charge in [-0.1, -0.05) is 12.1 Å². The lowest BCUT2D eigenvalue weighted by Gasteiger charge is -2.38. The molecule has 0 aromatic heterocycles. The lowest BCUT2D eigenvalue weighted by molar-refractivity contribution is -0.139. The third-order valence-corrected chi connectivity index (χ3v) is 3.16. The first-order valence-electron chi connectivity index (χ1n) is 6.00. The Bertz CT molecular complexity index is 492. The van der Waals surface area contributed by atoms with Crippen LogP contribution in [-0.4, -0.2) is 35.1 Å². The number of rotatable bonds is 3. The number of aryl methyl sites for hydroxylation is 1. The van der Waals surface area contributed by atoms with Crippen LogP contribution in [0.2, 0.25) is 0 Å². The van der Waals surface area contributed by atoms with Gasteiger partial charge in [0.15, 0.2) is 0 Å². The summed E-state index contributed by atoms with van der Waals surface area (Å²) in [4.78, 5) is 23.8. The van der Waals surface area contributed by atoms with Crippen LogP contribution in [0, 0.1) is 18.7 Å². The molecule has 1 aliphatic heterocycles. The molecule has 0 atom stereocenters. The van der Waals surface area contributed by atoms with Crippen LogP contribution in [0.25, 0.3) is 0 Å². The third kappa shape index (κ3) is 3.01. The van der Waals surface area contributed by atoms with E-state index in [2.05, 4.69) is 5.32 Å². The van der Waals surface area contributed by atoms with Crippen molar-refractivity contribution in [3.05, 3.63) is 29.6 Å². The molecule has 1 heterocycles. The minimum atomic E-state index is -0.866. The Morgan fingerprint density at radius 3 is 2.74 bits per heavy atom. The van der Waals surface area contributed by atoms with Crippen molar-refractivity contribution >= 4 is 17.7 Å². The first-order chi connectivity index (χ1) is 8.97. The van der Waals surface area contributed by atoms with Gasteiger partial charge in [-0.3, -0.25) is 4.79 Å². The summed E-state index contributed by atoms with van der Waals surface area (Å²) in [5, 5.41) is 11.1. The van der Waals surface area contributed by atoms with Crippen LogP contribution < -0.4 is 5.32 Å². The number of carboxylic acid groups (broad SMARTS) is 1. The topological polar surface area (TPSA) is 69.6 Å². The average Bonchev–Trinajstić information content (AvgIpc) is 2.27. The highest BCUT2D eigenvalue weighted by Crippen LogP contribution is 2.23. The number of urea groups is 1. The number of benzene rings is 1. The number of anilines is 1.